The average Bonchev–Trinajstić information content (AvgIpc) is 2.53. The third kappa shape index (κ3) is 3.74. The molecule has 0 aliphatic rings. The number of nitrogens with two attached hydrogens (primary N) is 1. The lowest BCUT2D eigenvalue weighted by Gasteiger charge is -2.10. The highest BCUT2D eigenvalue weighted by Gasteiger charge is 2.06. The van der Waals surface area contributed by atoms with Gasteiger partial charge in [0.1, 0.15) is 17.4 Å². The molecule has 3 rings (SSSR count). The van der Waals surface area contributed by atoms with Gasteiger partial charge >= 0.3 is 0 Å². The smallest absolute Gasteiger partial charge is 0.167 e. The summed E-state index contributed by atoms with van der Waals surface area (Å²) in [6.45, 7) is 0. The number of benzene rings is 2. The lowest BCUT2D eigenvalue weighted by atomic mass is 10.3. The molecule has 0 saturated carbocycles. The van der Waals surface area contributed by atoms with Gasteiger partial charge in [-0.05, 0) is 42.5 Å². The van der Waals surface area contributed by atoms with Crippen LogP contribution in [-0.4, -0.2) is 4.98 Å². The highest BCUT2D eigenvalue weighted by molar-refractivity contribution is 5.57. The van der Waals surface area contributed by atoms with E-state index in [2.05, 4.69) is 10.3 Å². The molecule has 6 heteroatoms. The summed E-state index contributed by atoms with van der Waals surface area (Å²) in [5.74, 6) is 0.102. The Balaban J connectivity index is 1.78. The summed E-state index contributed by atoms with van der Waals surface area (Å²) >= 11 is 0. The zero-order valence-corrected chi connectivity index (χ0v) is 12.0. The highest BCUT2D eigenvalue weighted by atomic mass is 19.1. The molecule has 0 bridgehead atoms. The number of hydrogen-bond donors (Lipinski definition) is 2. The Labute approximate surface area is 131 Å². The van der Waals surface area contributed by atoms with E-state index in [1.807, 2.05) is 0 Å². The third-order valence-corrected chi connectivity index (χ3v) is 3.03. The predicted molar refractivity (Wildman–Crippen MR) is 84.8 cm³/mol. The summed E-state index contributed by atoms with van der Waals surface area (Å²) < 4.78 is 32.1. The van der Waals surface area contributed by atoms with Gasteiger partial charge in [0.15, 0.2) is 11.6 Å². The van der Waals surface area contributed by atoms with Crippen molar-refractivity contribution in [1.82, 2.24) is 4.98 Å². The van der Waals surface area contributed by atoms with Crippen molar-refractivity contribution >= 4 is 17.2 Å². The number of halogens is 2. The zero-order chi connectivity index (χ0) is 16.2. The molecule has 2 aromatic carbocycles. The van der Waals surface area contributed by atoms with Crippen LogP contribution in [0, 0.1) is 11.6 Å². The van der Waals surface area contributed by atoms with E-state index in [0.29, 0.717) is 22.9 Å². The van der Waals surface area contributed by atoms with E-state index < -0.39 is 5.82 Å². The molecule has 0 aliphatic heterocycles. The normalized spacial score (nSPS) is 10.3. The standard InChI is InChI=1S/C17H13F2N3O/c18-11-1-4-13(5-2-11)22-17-10-14(7-8-21-17)23-16-6-3-12(20)9-15(16)19/h1-10H,20H2,(H,21,22). The Bertz CT molecular complexity index is 822. The number of aromatic nitrogens is 1. The third-order valence-electron chi connectivity index (χ3n) is 3.03. The summed E-state index contributed by atoms with van der Waals surface area (Å²) in [7, 11) is 0. The van der Waals surface area contributed by atoms with E-state index >= 15 is 0 Å². The molecule has 1 heterocycles. The average molecular weight is 313 g/mol. The monoisotopic (exact) mass is 313 g/mol. The fraction of sp³-hybridized carbons (Fsp3) is 0. The van der Waals surface area contributed by atoms with Crippen molar-refractivity contribution in [3.8, 4) is 11.5 Å². The van der Waals surface area contributed by atoms with Crippen molar-refractivity contribution in [3.63, 3.8) is 0 Å². The van der Waals surface area contributed by atoms with E-state index in [0.717, 1.165) is 0 Å². The number of anilines is 3. The van der Waals surface area contributed by atoms with Gasteiger partial charge in [0.2, 0.25) is 0 Å². The number of hydrogen-bond acceptors (Lipinski definition) is 4. The molecule has 3 N–H and O–H groups in total. The van der Waals surface area contributed by atoms with Crippen molar-refractivity contribution in [2.75, 3.05) is 11.1 Å². The SMILES string of the molecule is Nc1ccc(Oc2ccnc(Nc3ccc(F)cc3)c2)c(F)c1. The minimum Gasteiger partial charge on any atom is -0.454 e. The van der Waals surface area contributed by atoms with E-state index in [9.17, 15) is 8.78 Å². The van der Waals surface area contributed by atoms with Crippen LogP contribution in [0.15, 0.2) is 60.8 Å². The lowest BCUT2D eigenvalue weighted by Crippen LogP contribution is -1.95. The summed E-state index contributed by atoms with van der Waals surface area (Å²) in [6, 6.07) is 13.3. The number of nitrogen functional groups attached to an aromatic ring is 1. The number of pyridine rings is 1. The van der Waals surface area contributed by atoms with Crippen LogP contribution in [0.4, 0.5) is 26.0 Å². The van der Waals surface area contributed by atoms with E-state index in [4.69, 9.17) is 10.5 Å². The van der Waals surface area contributed by atoms with Gasteiger partial charge in [-0.15, -0.1) is 0 Å². The fourth-order valence-electron chi connectivity index (χ4n) is 1.95. The maximum atomic E-state index is 13.7. The molecule has 0 aliphatic carbocycles. The van der Waals surface area contributed by atoms with Gasteiger partial charge in [-0.1, -0.05) is 0 Å². The molecule has 0 unspecified atom stereocenters. The van der Waals surface area contributed by atoms with Crippen molar-refractivity contribution < 1.29 is 13.5 Å². The number of nitrogens with zero attached hydrogens (tertiary/aromatic N) is 1. The molecule has 0 atom stereocenters. The van der Waals surface area contributed by atoms with Crippen molar-refractivity contribution in [2.45, 2.75) is 0 Å². The van der Waals surface area contributed by atoms with Crippen LogP contribution in [0.3, 0.4) is 0 Å². The van der Waals surface area contributed by atoms with Crippen LogP contribution >= 0.6 is 0 Å². The Morgan fingerprint density at radius 3 is 2.48 bits per heavy atom. The Hall–Kier alpha value is -3.15. The molecule has 1 aromatic heterocycles. The Kier molecular flexibility index (Phi) is 4.05. The van der Waals surface area contributed by atoms with E-state index in [1.165, 1.54) is 30.5 Å². The molecule has 0 spiro atoms. The summed E-state index contributed by atoms with van der Waals surface area (Å²) in [5.41, 5.74) is 6.50. The molecule has 0 amide bonds. The first kappa shape index (κ1) is 14.8. The minimum absolute atomic E-state index is 0.0677. The van der Waals surface area contributed by atoms with Crippen molar-refractivity contribution in [2.24, 2.45) is 0 Å². The van der Waals surface area contributed by atoms with Gasteiger partial charge in [-0.25, -0.2) is 13.8 Å². The molecule has 23 heavy (non-hydrogen) atoms. The molecule has 3 aromatic rings. The first-order valence-corrected chi connectivity index (χ1v) is 6.82. The largest absolute Gasteiger partial charge is 0.454 e. The molecule has 0 saturated heterocycles. The predicted octanol–water partition coefficient (Wildman–Crippen LogP) is 4.48. The van der Waals surface area contributed by atoms with Gasteiger partial charge in [0.25, 0.3) is 0 Å². The van der Waals surface area contributed by atoms with Gasteiger partial charge in [0.05, 0.1) is 0 Å². The van der Waals surface area contributed by atoms with Gasteiger partial charge < -0.3 is 15.8 Å². The van der Waals surface area contributed by atoms with Crippen LogP contribution in [0.1, 0.15) is 0 Å². The van der Waals surface area contributed by atoms with Crippen LogP contribution in [-0.2, 0) is 0 Å². The summed E-state index contributed by atoms with van der Waals surface area (Å²) in [4.78, 5) is 4.14. The van der Waals surface area contributed by atoms with Gasteiger partial charge in [-0.2, -0.15) is 0 Å². The van der Waals surface area contributed by atoms with Gasteiger partial charge in [0, 0.05) is 29.7 Å². The number of rotatable bonds is 4. The van der Waals surface area contributed by atoms with Crippen molar-refractivity contribution in [1.29, 1.82) is 0 Å². The van der Waals surface area contributed by atoms with E-state index in [-0.39, 0.29) is 11.6 Å². The van der Waals surface area contributed by atoms with Crippen molar-refractivity contribution in [3.05, 3.63) is 72.4 Å². The quantitative estimate of drug-likeness (QED) is 0.697. The zero-order valence-electron chi connectivity index (χ0n) is 12.0. The second-order valence-electron chi connectivity index (χ2n) is 4.80. The van der Waals surface area contributed by atoms with Crippen LogP contribution in [0.5, 0.6) is 11.5 Å². The van der Waals surface area contributed by atoms with E-state index in [1.54, 1.807) is 30.3 Å². The first-order valence-electron chi connectivity index (χ1n) is 6.82. The molecule has 116 valence electrons. The highest BCUT2D eigenvalue weighted by Crippen LogP contribution is 2.27. The Morgan fingerprint density at radius 1 is 0.957 bits per heavy atom. The maximum absolute atomic E-state index is 13.7. The first-order chi connectivity index (χ1) is 11.1. The summed E-state index contributed by atoms with van der Waals surface area (Å²) in [6.07, 6.45) is 1.52. The molecule has 0 radical (unpaired) electrons. The van der Waals surface area contributed by atoms with Crippen LogP contribution < -0.4 is 15.8 Å². The second-order valence-corrected chi connectivity index (χ2v) is 4.80. The number of nitrogens with one attached hydrogen (secondary N) is 1. The summed E-state index contributed by atoms with van der Waals surface area (Å²) in [5, 5.41) is 3.01. The molecular formula is C17H13F2N3O. The fourth-order valence-corrected chi connectivity index (χ4v) is 1.95. The maximum Gasteiger partial charge on any atom is 0.167 e. The molecular weight excluding hydrogens is 300 g/mol. The molecule has 4 nitrogen and oxygen atoms in total. The molecule has 0 fully saturated rings. The minimum atomic E-state index is -0.546. The number of ether oxygens (including phenoxy) is 1. The van der Waals surface area contributed by atoms with Gasteiger partial charge in [-0.3, -0.25) is 0 Å². The second kappa shape index (κ2) is 6.31. The lowest BCUT2D eigenvalue weighted by molar-refractivity contribution is 0.442. The van der Waals surface area contributed by atoms with Crippen LogP contribution in [0.2, 0.25) is 0 Å². The van der Waals surface area contributed by atoms with Crippen LogP contribution in [0.25, 0.3) is 0 Å². The topological polar surface area (TPSA) is 60.2 Å². The Morgan fingerprint density at radius 2 is 1.74 bits per heavy atom.